The average molecular weight is 347 g/mol. The lowest BCUT2D eigenvalue weighted by molar-refractivity contribution is -0.119. The van der Waals surface area contributed by atoms with Crippen molar-refractivity contribution in [3.63, 3.8) is 0 Å². The maximum atomic E-state index is 12.0. The van der Waals surface area contributed by atoms with E-state index in [2.05, 4.69) is 10.6 Å². The Morgan fingerprint density at radius 1 is 1.22 bits per heavy atom. The molecule has 0 aliphatic heterocycles. The van der Waals surface area contributed by atoms with Gasteiger partial charge in [-0.25, -0.2) is 0 Å². The van der Waals surface area contributed by atoms with E-state index in [1.807, 2.05) is 44.2 Å². The summed E-state index contributed by atoms with van der Waals surface area (Å²) >= 11 is 6.52. The van der Waals surface area contributed by atoms with E-state index in [-0.39, 0.29) is 17.4 Å². The third-order valence-electron chi connectivity index (χ3n) is 3.32. The third kappa shape index (κ3) is 4.37. The standard InChI is InChI=1S/C16H17N3O2S2/c1-9-10(2)23-15(13(9)14(17)21)19-16(22)18-12(20)8-11-6-4-3-5-7-11/h3-7H,8H2,1-2H3,(H2,17,21)(H2,18,19,20,22). The summed E-state index contributed by atoms with van der Waals surface area (Å²) in [5.41, 5.74) is 7.53. The molecule has 1 heterocycles. The third-order valence-corrected chi connectivity index (χ3v) is 4.65. The van der Waals surface area contributed by atoms with E-state index in [9.17, 15) is 9.59 Å². The normalized spacial score (nSPS) is 10.2. The highest BCUT2D eigenvalue weighted by Gasteiger charge is 2.18. The van der Waals surface area contributed by atoms with Crippen molar-refractivity contribution in [2.45, 2.75) is 20.3 Å². The van der Waals surface area contributed by atoms with Crippen LogP contribution < -0.4 is 16.4 Å². The molecule has 0 saturated heterocycles. The average Bonchev–Trinajstić information content (AvgIpc) is 2.74. The molecule has 0 atom stereocenters. The van der Waals surface area contributed by atoms with Crippen LogP contribution in [-0.2, 0) is 11.2 Å². The van der Waals surface area contributed by atoms with Crippen LogP contribution in [0.2, 0.25) is 0 Å². The summed E-state index contributed by atoms with van der Waals surface area (Å²) in [5.74, 6) is -0.743. The van der Waals surface area contributed by atoms with E-state index in [1.165, 1.54) is 11.3 Å². The molecule has 0 aliphatic rings. The Morgan fingerprint density at radius 2 is 1.87 bits per heavy atom. The number of carbonyl (C=O) groups excluding carboxylic acids is 2. The fourth-order valence-electron chi connectivity index (χ4n) is 2.10. The van der Waals surface area contributed by atoms with Crippen LogP contribution in [0.5, 0.6) is 0 Å². The van der Waals surface area contributed by atoms with Crippen LogP contribution in [0.4, 0.5) is 5.00 Å². The van der Waals surface area contributed by atoms with E-state index < -0.39 is 5.91 Å². The molecule has 0 saturated carbocycles. The molecule has 5 nitrogen and oxygen atoms in total. The molecule has 0 bridgehead atoms. The molecule has 23 heavy (non-hydrogen) atoms. The second-order valence-electron chi connectivity index (χ2n) is 5.02. The van der Waals surface area contributed by atoms with Gasteiger partial charge in [0.2, 0.25) is 5.91 Å². The van der Waals surface area contributed by atoms with Crippen molar-refractivity contribution in [1.29, 1.82) is 0 Å². The zero-order valence-corrected chi connectivity index (χ0v) is 14.4. The van der Waals surface area contributed by atoms with Crippen LogP contribution in [0, 0.1) is 13.8 Å². The van der Waals surface area contributed by atoms with Gasteiger partial charge in [-0.3, -0.25) is 9.59 Å². The van der Waals surface area contributed by atoms with E-state index in [4.69, 9.17) is 18.0 Å². The molecule has 1 aromatic heterocycles. The van der Waals surface area contributed by atoms with Crippen molar-refractivity contribution in [3.8, 4) is 0 Å². The fraction of sp³-hybridized carbons (Fsp3) is 0.188. The molecule has 2 rings (SSSR count). The Balaban J connectivity index is 2.01. The Hall–Kier alpha value is -2.25. The highest BCUT2D eigenvalue weighted by atomic mass is 32.1. The molecule has 2 aromatic rings. The number of hydrogen-bond acceptors (Lipinski definition) is 4. The maximum Gasteiger partial charge on any atom is 0.251 e. The summed E-state index contributed by atoms with van der Waals surface area (Å²) in [6, 6.07) is 9.37. The summed E-state index contributed by atoms with van der Waals surface area (Å²) in [7, 11) is 0. The summed E-state index contributed by atoms with van der Waals surface area (Å²) in [5, 5.41) is 6.20. The maximum absolute atomic E-state index is 12.0. The zero-order valence-electron chi connectivity index (χ0n) is 12.8. The number of amides is 2. The predicted molar refractivity (Wildman–Crippen MR) is 96.8 cm³/mol. The van der Waals surface area contributed by atoms with Crippen molar-refractivity contribution >= 4 is 45.5 Å². The minimum atomic E-state index is -0.521. The van der Waals surface area contributed by atoms with Crippen molar-refractivity contribution in [1.82, 2.24) is 5.32 Å². The van der Waals surface area contributed by atoms with Gasteiger partial charge in [0.15, 0.2) is 5.11 Å². The highest BCUT2D eigenvalue weighted by molar-refractivity contribution is 7.80. The SMILES string of the molecule is Cc1sc(NC(=S)NC(=O)Cc2ccccc2)c(C(N)=O)c1C. The Kier molecular flexibility index (Phi) is 5.46. The number of hydrogen-bond donors (Lipinski definition) is 3. The topological polar surface area (TPSA) is 84.2 Å². The monoisotopic (exact) mass is 347 g/mol. The molecule has 1 aromatic carbocycles. The summed E-state index contributed by atoms with van der Waals surface area (Å²) in [6.45, 7) is 3.72. The Bertz CT molecular complexity index is 754. The largest absolute Gasteiger partial charge is 0.365 e. The first-order valence-electron chi connectivity index (χ1n) is 6.93. The number of thiocarbonyl (C=S) groups is 1. The minimum Gasteiger partial charge on any atom is -0.365 e. The van der Waals surface area contributed by atoms with Gasteiger partial charge in [0.25, 0.3) is 5.91 Å². The molecule has 0 unspecified atom stereocenters. The first kappa shape index (κ1) is 17.1. The number of thiophene rings is 1. The second-order valence-corrected chi connectivity index (χ2v) is 6.65. The van der Waals surface area contributed by atoms with Crippen LogP contribution in [-0.4, -0.2) is 16.9 Å². The number of carbonyl (C=O) groups is 2. The molecule has 0 radical (unpaired) electrons. The van der Waals surface area contributed by atoms with Gasteiger partial charge in [-0.05, 0) is 37.2 Å². The molecular formula is C16H17N3O2S2. The molecule has 4 N–H and O–H groups in total. The first-order chi connectivity index (χ1) is 10.9. The van der Waals surface area contributed by atoms with Gasteiger partial charge in [0.1, 0.15) is 5.00 Å². The van der Waals surface area contributed by atoms with E-state index in [0.717, 1.165) is 16.0 Å². The lowest BCUT2D eigenvalue weighted by atomic mass is 10.1. The van der Waals surface area contributed by atoms with Crippen molar-refractivity contribution in [3.05, 3.63) is 51.9 Å². The number of aryl methyl sites for hydroxylation is 1. The molecule has 0 aliphatic carbocycles. The van der Waals surface area contributed by atoms with Crippen LogP contribution in [0.25, 0.3) is 0 Å². The fourth-order valence-corrected chi connectivity index (χ4v) is 3.45. The van der Waals surface area contributed by atoms with Crippen molar-refractivity contribution in [2.75, 3.05) is 5.32 Å². The number of primary amides is 1. The zero-order chi connectivity index (χ0) is 17.0. The minimum absolute atomic E-state index is 0.148. The van der Waals surface area contributed by atoms with Gasteiger partial charge < -0.3 is 16.4 Å². The van der Waals surface area contributed by atoms with Crippen molar-refractivity contribution in [2.24, 2.45) is 5.73 Å². The Morgan fingerprint density at radius 3 is 2.48 bits per heavy atom. The molecular weight excluding hydrogens is 330 g/mol. The van der Waals surface area contributed by atoms with Crippen LogP contribution in [0.15, 0.2) is 30.3 Å². The van der Waals surface area contributed by atoms with Gasteiger partial charge in [-0.15, -0.1) is 11.3 Å². The van der Waals surface area contributed by atoms with Crippen LogP contribution in [0.1, 0.15) is 26.4 Å². The first-order valence-corrected chi connectivity index (χ1v) is 8.15. The highest BCUT2D eigenvalue weighted by Crippen LogP contribution is 2.31. The Labute approximate surface area is 143 Å². The lowest BCUT2D eigenvalue weighted by Gasteiger charge is -2.09. The summed E-state index contributed by atoms with van der Waals surface area (Å²) < 4.78 is 0. The number of anilines is 1. The summed E-state index contributed by atoms with van der Waals surface area (Å²) in [6.07, 6.45) is 0.230. The molecule has 7 heteroatoms. The van der Waals surface area contributed by atoms with E-state index in [1.54, 1.807) is 0 Å². The van der Waals surface area contributed by atoms with E-state index >= 15 is 0 Å². The van der Waals surface area contributed by atoms with Gasteiger partial charge in [0, 0.05) is 4.88 Å². The number of nitrogens with one attached hydrogen (secondary N) is 2. The van der Waals surface area contributed by atoms with Gasteiger partial charge >= 0.3 is 0 Å². The molecule has 2 amide bonds. The van der Waals surface area contributed by atoms with Crippen LogP contribution >= 0.6 is 23.6 Å². The van der Waals surface area contributed by atoms with Gasteiger partial charge in [-0.1, -0.05) is 30.3 Å². The number of benzene rings is 1. The van der Waals surface area contributed by atoms with E-state index in [0.29, 0.717) is 10.6 Å². The predicted octanol–water partition coefficient (Wildman–Crippen LogP) is 2.52. The smallest absolute Gasteiger partial charge is 0.251 e. The van der Waals surface area contributed by atoms with Gasteiger partial charge in [0.05, 0.1) is 12.0 Å². The second kappa shape index (κ2) is 7.34. The molecule has 120 valence electrons. The van der Waals surface area contributed by atoms with Crippen molar-refractivity contribution < 1.29 is 9.59 Å². The lowest BCUT2D eigenvalue weighted by Crippen LogP contribution is -2.35. The molecule has 0 spiro atoms. The summed E-state index contributed by atoms with van der Waals surface area (Å²) in [4.78, 5) is 24.5. The molecule has 0 fully saturated rings. The van der Waals surface area contributed by atoms with Crippen LogP contribution in [0.3, 0.4) is 0 Å². The number of nitrogens with two attached hydrogens (primary N) is 1. The number of rotatable bonds is 4. The quantitative estimate of drug-likeness (QED) is 0.742. The van der Waals surface area contributed by atoms with Gasteiger partial charge in [-0.2, -0.15) is 0 Å².